The van der Waals surface area contributed by atoms with Crippen LogP contribution in [0.3, 0.4) is 0 Å². The minimum absolute atomic E-state index is 0.166. The molecule has 0 aliphatic heterocycles. The number of hydrogen-bond acceptors (Lipinski definition) is 2. The average molecular weight is 216 g/mol. The normalized spacial score (nSPS) is 12.7. The number of rotatable bonds is 10. The van der Waals surface area contributed by atoms with Crippen molar-refractivity contribution in [1.29, 1.82) is 0 Å². The van der Waals surface area contributed by atoms with Gasteiger partial charge in [-0.25, -0.2) is 0 Å². The summed E-state index contributed by atoms with van der Waals surface area (Å²) in [5.74, 6) is -0.688. The van der Waals surface area contributed by atoms with E-state index in [0.717, 1.165) is 32.1 Å². The van der Waals surface area contributed by atoms with Gasteiger partial charge >= 0.3 is 5.97 Å². The Labute approximate surface area is 92.5 Å². The van der Waals surface area contributed by atoms with Gasteiger partial charge in [-0.3, -0.25) is 4.79 Å². The van der Waals surface area contributed by atoms with Crippen molar-refractivity contribution in [1.82, 2.24) is 0 Å². The Morgan fingerprint density at radius 2 is 1.47 bits per heavy atom. The first kappa shape index (κ1) is 14.4. The van der Waals surface area contributed by atoms with Crippen LogP contribution in [0.1, 0.15) is 64.7 Å². The van der Waals surface area contributed by atoms with E-state index < -0.39 is 5.97 Å². The smallest absolute Gasteiger partial charge is 0.303 e. The molecule has 3 heteroatoms. The summed E-state index contributed by atoms with van der Waals surface area (Å²) in [5, 5.41) is 17.4. The summed E-state index contributed by atoms with van der Waals surface area (Å²) in [5.41, 5.74) is 0. The van der Waals surface area contributed by atoms with Crippen LogP contribution in [0, 0.1) is 0 Å². The number of aliphatic carboxylic acids is 1. The van der Waals surface area contributed by atoms with Crippen molar-refractivity contribution in [3.8, 4) is 0 Å². The summed E-state index contributed by atoms with van der Waals surface area (Å²) in [7, 11) is 0. The number of carbonyl (C=O) groups is 1. The van der Waals surface area contributed by atoms with Crippen LogP contribution in [0.4, 0.5) is 0 Å². The minimum atomic E-state index is -0.688. The second-order valence-corrected chi connectivity index (χ2v) is 4.26. The number of hydrogen-bond donors (Lipinski definition) is 2. The van der Waals surface area contributed by atoms with Gasteiger partial charge in [0.2, 0.25) is 0 Å². The fourth-order valence-corrected chi connectivity index (χ4v) is 1.60. The maximum absolute atomic E-state index is 10.2. The van der Waals surface area contributed by atoms with Crippen LogP contribution in [-0.2, 0) is 4.79 Å². The molecular formula is C12H24O3. The summed E-state index contributed by atoms with van der Waals surface area (Å²) >= 11 is 0. The van der Waals surface area contributed by atoms with Crippen molar-refractivity contribution in [3.05, 3.63) is 0 Å². The fourth-order valence-electron chi connectivity index (χ4n) is 1.60. The third-order valence-electron chi connectivity index (χ3n) is 2.51. The fraction of sp³-hybridized carbons (Fsp3) is 0.917. The molecule has 0 radical (unpaired) electrons. The molecule has 90 valence electrons. The van der Waals surface area contributed by atoms with Crippen molar-refractivity contribution in [2.45, 2.75) is 70.8 Å². The van der Waals surface area contributed by atoms with E-state index in [-0.39, 0.29) is 6.10 Å². The first-order chi connectivity index (χ1) is 7.13. The quantitative estimate of drug-likeness (QED) is 0.552. The van der Waals surface area contributed by atoms with E-state index in [1.165, 1.54) is 19.3 Å². The predicted molar refractivity (Wildman–Crippen MR) is 60.9 cm³/mol. The first-order valence-electron chi connectivity index (χ1n) is 6.03. The highest BCUT2D eigenvalue weighted by Gasteiger charge is 1.97. The van der Waals surface area contributed by atoms with E-state index >= 15 is 0 Å². The lowest BCUT2D eigenvalue weighted by molar-refractivity contribution is -0.137. The van der Waals surface area contributed by atoms with Crippen LogP contribution in [0.15, 0.2) is 0 Å². The van der Waals surface area contributed by atoms with Gasteiger partial charge < -0.3 is 10.2 Å². The molecular weight excluding hydrogens is 192 g/mol. The van der Waals surface area contributed by atoms with Crippen LogP contribution in [0.5, 0.6) is 0 Å². The largest absolute Gasteiger partial charge is 0.481 e. The highest BCUT2D eigenvalue weighted by molar-refractivity contribution is 5.66. The monoisotopic (exact) mass is 216 g/mol. The number of carboxylic acids is 1. The van der Waals surface area contributed by atoms with Gasteiger partial charge in [0.25, 0.3) is 0 Å². The van der Waals surface area contributed by atoms with Crippen LogP contribution in [0.2, 0.25) is 0 Å². The third-order valence-corrected chi connectivity index (χ3v) is 2.51. The van der Waals surface area contributed by atoms with Gasteiger partial charge in [-0.1, -0.05) is 38.5 Å². The van der Waals surface area contributed by atoms with E-state index in [1.807, 2.05) is 6.92 Å². The van der Waals surface area contributed by atoms with E-state index in [2.05, 4.69) is 0 Å². The van der Waals surface area contributed by atoms with Crippen LogP contribution >= 0.6 is 0 Å². The summed E-state index contributed by atoms with van der Waals surface area (Å²) in [4.78, 5) is 10.2. The van der Waals surface area contributed by atoms with Gasteiger partial charge in [0, 0.05) is 6.42 Å². The minimum Gasteiger partial charge on any atom is -0.481 e. The standard InChI is InChI=1S/C12H24O3/c1-11(13)9-7-5-3-2-4-6-8-10-12(14)15/h11,13H,2-10H2,1H3,(H,14,15)/t11-/m0/s1. The molecule has 0 aliphatic carbocycles. The van der Waals surface area contributed by atoms with Crippen LogP contribution in [0.25, 0.3) is 0 Å². The Balaban J connectivity index is 2.96. The molecule has 0 rings (SSSR count). The molecule has 0 saturated carbocycles. The second kappa shape index (κ2) is 9.97. The highest BCUT2D eigenvalue weighted by Crippen LogP contribution is 2.10. The van der Waals surface area contributed by atoms with E-state index in [0.29, 0.717) is 6.42 Å². The lowest BCUT2D eigenvalue weighted by Gasteiger charge is -2.03. The maximum atomic E-state index is 10.2. The molecule has 0 aromatic carbocycles. The summed E-state index contributed by atoms with van der Waals surface area (Å²) in [6, 6.07) is 0. The zero-order valence-corrected chi connectivity index (χ0v) is 9.74. The molecule has 0 aliphatic rings. The van der Waals surface area contributed by atoms with Crippen molar-refractivity contribution in [3.63, 3.8) is 0 Å². The molecule has 3 nitrogen and oxygen atoms in total. The van der Waals surface area contributed by atoms with Gasteiger partial charge in [0.1, 0.15) is 0 Å². The topological polar surface area (TPSA) is 57.5 Å². The van der Waals surface area contributed by atoms with E-state index in [4.69, 9.17) is 10.2 Å². The lowest BCUT2D eigenvalue weighted by atomic mass is 10.1. The second-order valence-electron chi connectivity index (χ2n) is 4.26. The van der Waals surface area contributed by atoms with Crippen molar-refractivity contribution >= 4 is 5.97 Å². The molecule has 0 spiro atoms. The molecule has 0 aromatic heterocycles. The number of aliphatic hydroxyl groups excluding tert-OH is 1. The molecule has 0 saturated heterocycles. The number of carboxylic acid groups (broad SMARTS) is 1. The van der Waals surface area contributed by atoms with E-state index in [1.54, 1.807) is 0 Å². The Morgan fingerprint density at radius 1 is 1.00 bits per heavy atom. The zero-order valence-electron chi connectivity index (χ0n) is 9.74. The maximum Gasteiger partial charge on any atom is 0.303 e. The van der Waals surface area contributed by atoms with Gasteiger partial charge in [-0.15, -0.1) is 0 Å². The zero-order chi connectivity index (χ0) is 11.5. The summed E-state index contributed by atoms with van der Waals surface area (Å²) in [6.07, 6.45) is 8.71. The Bertz CT molecular complexity index is 155. The van der Waals surface area contributed by atoms with Crippen LogP contribution in [-0.4, -0.2) is 22.3 Å². The van der Waals surface area contributed by atoms with Gasteiger partial charge in [-0.2, -0.15) is 0 Å². The molecule has 1 atom stereocenters. The summed E-state index contributed by atoms with van der Waals surface area (Å²) < 4.78 is 0. The molecule has 0 unspecified atom stereocenters. The SMILES string of the molecule is C[C@H](O)CCCCCCCCCC(=O)O. The first-order valence-corrected chi connectivity index (χ1v) is 6.03. The Morgan fingerprint density at radius 3 is 1.93 bits per heavy atom. The average Bonchev–Trinajstić information content (AvgIpc) is 2.14. The lowest BCUT2D eigenvalue weighted by Crippen LogP contribution is -1.98. The third kappa shape index (κ3) is 13.4. The Kier molecular flexibility index (Phi) is 9.59. The van der Waals surface area contributed by atoms with Gasteiger partial charge in [0.15, 0.2) is 0 Å². The summed E-state index contributed by atoms with van der Waals surface area (Å²) in [6.45, 7) is 1.83. The molecule has 2 N–H and O–H groups in total. The van der Waals surface area contributed by atoms with Crippen molar-refractivity contribution in [2.75, 3.05) is 0 Å². The predicted octanol–water partition coefficient (Wildman–Crippen LogP) is 2.96. The Hall–Kier alpha value is -0.570. The molecule has 0 bridgehead atoms. The van der Waals surface area contributed by atoms with E-state index in [9.17, 15) is 4.79 Å². The van der Waals surface area contributed by atoms with Crippen molar-refractivity contribution < 1.29 is 15.0 Å². The molecule has 0 heterocycles. The number of aliphatic hydroxyl groups is 1. The molecule has 0 aromatic rings. The number of unbranched alkanes of at least 4 members (excludes halogenated alkanes) is 6. The molecule has 0 fully saturated rings. The van der Waals surface area contributed by atoms with Gasteiger partial charge in [0.05, 0.1) is 6.10 Å². The van der Waals surface area contributed by atoms with Crippen molar-refractivity contribution in [2.24, 2.45) is 0 Å². The van der Waals surface area contributed by atoms with Gasteiger partial charge in [-0.05, 0) is 19.8 Å². The highest BCUT2D eigenvalue weighted by atomic mass is 16.4. The molecule has 15 heavy (non-hydrogen) atoms. The van der Waals surface area contributed by atoms with Crippen LogP contribution < -0.4 is 0 Å². The molecule has 0 amide bonds.